The maximum atomic E-state index is 4.48. The zero-order valence-corrected chi connectivity index (χ0v) is 9.07. The summed E-state index contributed by atoms with van der Waals surface area (Å²) in [6, 6.07) is 0.713. The van der Waals surface area contributed by atoms with Crippen molar-refractivity contribution < 1.29 is 0 Å². The fourth-order valence-corrected chi connectivity index (χ4v) is 2.89. The molecule has 1 aliphatic heterocycles. The van der Waals surface area contributed by atoms with Gasteiger partial charge in [0.15, 0.2) is 5.17 Å². The SMILES string of the molecule is C[C@@H]1CN=C(NC2CCCCC2)S1. The van der Waals surface area contributed by atoms with Crippen molar-refractivity contribution in [3.05, 3.63) is 0 Å². The van der Waals surface area contributed by atoms with E-state index in [-0.39, 0.29) is 0 Å². The number of aliphatic imine (C=N–C) groups is 1. The molecular weight excluding hydrogens is 180 g/mol. The maximum Gasteiger partial charge on any atom is 0.157 e. The average Bonchev–Trinajstić information content (AvgIpc) is 2.53. The molecule has 0 saturated heterocycles. The number of nitrogens with zero attached hydrogens (tertiary/aromatic N) is 1. The quantitative estimate of drug-likeness (QED) is 0.699. The van der Waals surface area contributed by atoms with E-state index in [0.29, 0.717) is 11.3 Å². The highest BCUT2D eigenvalue weighted by Gasteiger charge is 2.19. The zero-order chi connectivity index (χ0) is 9.10. The first-order chi connectivity index (χ1) is 6.34. The molecule has 2 aliphatic rings. The van der Waals surface area contributed by atoms with Crippen molar-refractivity contribution in [1.82, 2.24) is 5.32 Å². The summed E-state index contributed by atoms with van der Waals surface area (Å²) in [5.41, 5.74) is 0. The van der Waals surface area contributed by atoms with Crippen LogP contribution < -0.4 is 5.32 Å². The van der Waals surface area contributed by atoms with E-state index in [9.17, 15) is 0 Å². The van der Waals surface area contributed by atoms with Gasteiger partial charge < -0.3 is 5.32 Å². The van der Waals surface area contributed by atoms with Gasteiger partial charge in [-0.25, -0.2) is 0 Å². The molecule has 13 heavy (non-hydrogen) atoms. The van der Waals surface area contributed by atoms with Crippen molar-refractivity contribution in [3.63, 3.8) is 0 Å². The van der Waals surface area contributed by atoms with E-state index in [0.717, 1.165) is 6.54 Å². The van der Waals surface area contributed by atoms with E-state index in [1.807, 2.05) is 11.8 Å². The van der Waals surface area contributed by atoms with E-state index >= 15 is 0 Å². The van der Waals surface area contributed by atoms with Gasteiger partial charge in [0.1, 0.15) is 0 Å². The molecule has 0 aromatic rings. The van der Waals surface area contributed by atoms with Crippen molar-refractivity contribution >= 4 is 16.9 Å². The summed E-state index contributed by atoms with van der Waals surface area (Å²) in [6.45, 7) is 3.24. The van der Waals surface area contributed by atoms with E-state index in [1.165, 1.54) is 37.3 Å². The second kappa shape index (κ2) is 4.36. The molecule has 0 spiro atoms. The van der Waals surface area contributed by atoms with Crippen LogP contribution in [0.2, 0.25) is 0 Å². The predicted octanol–water partition coefficient (Wildman–Crippen LogP) is 2.40. The Kier molecular flexibility index (Phi) is 3.14. The zero-order valence-electron chi connectivity index (χ0n) is 8.25. The Morgan fingerprint density at radius 3 is 2.69 bits per heavy atom. The van der Waals surface area contributed by atoms with E-state index in [1.54, 1.807) is 0 Å². The van der Waals surface area contributed by atoms with Gasteiger partial charge in [0.2, 0.25) is 0 Å². The molecule has 1 aliphatic carbocycles. The Morgan fingerprint density at radius 2 is 2.08 bits per heavy atom. The van der Waals surface area contributed by atoms with Crippen molar-refractivity contribution in [2.45, 2.75) is 50.3 Å². The first-order valence-corrected chi connectivity index (χ1v) is 6.20. The van der Waals surface area contributed by atoms with Crippen LogP contribution in [0.1, 0.15) is 39.0 Å². The summed E-state index contributed by atoms with van der Waals surface area (Å²) in [5.74, 6) is 0. The van der Waals surface area contributed by atoms with Crippen LogP contribution in [0, 0.1) is 0 Å². The minimum atomic E-state index is 0.686. The maximum absolute atomic E-state index is 4.48. The van der Waals surface area contributed by atoms with Crippen LogP contribution >= 0.6 is 11.8 Å². The van der Waals surface area contributed by atoms with Crippen molar-refractivity contribution in [2.24, 2.45) is 4.99 Å². The third-order valence-electron chi connectivity index (χ3n) is 2.74. The number of amidine groups is 1. The Hall–Kier alpha value is -0.180. The highest BCUT2D eigenvalue weighted by Crippen LogP contribution is 2.22. The van der Waals surface area contributed by atoms with Crippen LogP contribution in [0.5, 0.6) is 0 Å². The second-order valence-electron chi connectivity index (χ2n) is 4.05. The van der Waals surface area contributed by atoms with Crippen LogP contribution in [0.25, 0.3) is 0 Å². The van der Waals surface area contributed by atoms with Gasteiger partial charge in [-0.1, -0.05) is 37.9 Å². The summed E-state index contributed by atoms with van der Waals surface area (Å²) in [7, 11) is 0. The van der Waals surface area contributed by atoms with Gasteiger partial charge in [-0.15, -0.1) is 0 Å². The smallest absolute Gasteiger partial charge is 0.157 e. The lowest BCUT2D eigenvalue weighted by Crippen LogP contribution is -2.34. The highest BCUT2D eigenvalue weighted by molar-refractivity contribution is 8.14. The summed E-state index contributed by atoms with van der Waals surface area (Å²) in [4.78, 5) is 4.48. The molecule has 1 heterocycles. The highest BCUT2D eigenvalue weighted by atomic mass is 32.2. The van der Waals surface area contributed by atoms with Gasteiger partial charge in [-0.05, 0) is 12.8 Å². The van der Waals surface area contributed by atoms with Gasteiger partial charge in [-0.3, -0.25) is 4.99 Å². The minimum Gasteiger partial charge on any atom is -0.362 e. The molecular formula is C10H18N2S. The molecule has 1 saturated carbocycles. The summed E-state index contributed by atoms with van der Waals surface area (Å²) in [5, 5.41) is 5.44. The number of hydrogen-bond donors (Lipinski definition) is 1. The first kappa shape index (κ1) is 9.38. The molecule has 1 N–H and O–H groups in total. The molecule has 2 rings (SSSR count). The van der Waals surface area contributed by atoms with Gasteiger partial charge >= 0.3 is 0 Å². The fraction of sp³-hybridized carbons (Fsp3) is 0.900. The lowest BCUT2D eigenvalue weighted by molar-refractivity contribution is 0.415. The van der Waals surface area contributed by atoms with Crippen molar-refractivity contribution in [3.8, 4) is 0 Å². The molecule has 2 nitrogen and oxygen atoms in total. The fourth-order valence-electron chi connectivity index (χ4n) is 1.98. The van der Waals surface area contributed by atoms with Gasteiger partial charge in [0, 0.05) is 11.3 Å². The monoisotopic (exact) mass is 198 g/mol. The van der Waals surface area contributed by atoms with Crippen molar-refractivity contribution in [1.29, 1.82) is 0 Å². The molecule has 0 radical (unpaired) electrons. The van der Waals surface area contributed by atoms with E-state index < -0.39 is 0 Å². The predicted molar refractivity (Wildman–Crippen MR) is 59.4 cm³/mol. The minimum absolute atomic E-state index is 0.686. The molecule has 0 aromatic carbocycles. The lowest BCUT2D eigenvalue weighted by atomic mass is 9.96. The van der Waals surface area contributed by atoms with E-state index in [4.69, 9.17) is 0 Å². The lowest BCUT2D eigenvalue weighted by Gasteiger charge is -2.23. The number of rotatable bonds is 1. The van der Waals surface area contributed by atoms with Crippen LogP contribution in [0.4, 0.5) is 0 Å². The summed E-state index contributed by atoms with van der Waals surface area (Å²) in [6.07, 6.45) is 6.90. The molecule has 0 amide bonds. The number of hydrogen-bond acceptors (Lipinski definition) is 3. The molecule has 3 heteroatoms. The third-order valence-corrected chi connectivity index (χ3v) is 3.76. The third kappa shape index (κ3) is 2.63. The Bertz CT molecular complexity index is 197. The molecule has 74 valence electrons. The Labute approximate surface area is 84.6 Å². The average molecular weight is 198 g/mol. The van der Waals surface area contributed by atoms with Crippen LogP contribution in [-0.2, 0) is 0 Å². The molecule has 0 unspecified atom stereocenters. The summed E-state index contributed by atoms with van der Waals surface area (Å²) >= 11 is 1.90. The summed E-state index contributed by atoms with van der Waals surface area (Å²) < 4.78 is 0. The molecule has 1 atom stereocenters. The Morgan fingerprint density at radius 1 is 1.31 bits per heavy atom. The molecule has 0 aromatic heterocycles. The van der Waals surface area contributed by atoms with Crippen LogP contribution in [0.3, 0.4) is 0 Å². The van der Waals surface area contributed by atoms with Crippen LogP contribution in [0.15, 0.2) is 4.99 Å². The van der Waals surface area contributed by atoms with E-state index in [2.05, 4.69) is 17.2 Å². The normalized spacial score (nSPS) is 30.2. The van der Waals surface area contributed by atoms with Gasteiger partial charge in [0.05, 0.1) is 6.54 Å². The largest absolute Gasteiger partial charge is 0.362 e. The van der Waals surface area contributed by atoms with Gasteiger partial charge in [0.25, 0.3) is 0 Å². The second-order valence-corrected chi connectivity index (χ2v) is 5.48. The molecule has 1 fully saturated rings. The number of thioether (sulfide) groups is 1. The standard InChI is InChI=1S/C10H18N2S/c1-8-7-11-10(13-8)12-9-5-3-2-4-6-9/h8-9H,2-7H2,1H3,(H,11,12)/t8-/m1/s1. The van der Waals surface area contributed by atoms with Gasteiger partial charge in [-0.2, -0.15) is 0 Å². The molecule has 0 bridgehead atoms. The Balaban J connectivity index is 1.77. The topological polar surface area (TPSA) is 24.4 Å². The van der Waals surface area contributed by atoms with Crippen molar-refractivity contribution in [2.75, 3.05) is 6.54 Å². The first-order valence-electron chi connectivity index (χ1n) is 5.32. The number of nitrogens with one attached hydrogen (secondary N) is 1. The van der Waals surface area contributed by atoms with Crippen LogP contribution in [-0.4, -0.2) is 23.0 Å².